The fourth-order valence-corrected chi connectivity index (χ4v) is 3.98. The zero-order chi connectivity index (χ0) is 25.4. The number of nitrogens with zero attached hydrogens (tertiary/aromatic N) is 1. The van der Waals surface area contributed by atoms with Crippen LogP contribution in [0.1, 0.15) is 25.3 Å². The second-order valence-electron chi connectivity index (χ2n) is 8.31. The number of carbonyl (C=O) groups is 3. The number of halogens is 1. The molecule has 188 valence electrons. The van der Waals surface area contributed by atoms with E-state index in [2.05, 4.69) is 16.0 Å². The van der Waals surface area contributed by atoms with Gasteiger partial charge in [0.1, 0.15) is 23.4 Å². The first-order chi connectivity index (χ1) is 16.8. The number of likely N-dealkylation sites (tertiary alicyclic amines) is 1. The molecule has 9 nitrogen and oxygen atoms in total. The number of rotatable bonds is 8. The number of hydrogen-bond donors (Lipinski definition) is 3. The van der Waals surface area contributed by atoms with Gasteiger partial charge in [-0.2, -0.15) is 0 Å². The smallest absolute Gasteiger partial charge is 0.321 e. The van der Waals surface area contributed by atoms with Crippen molar-refractivity contribution in [2.45, 2.75) is 38.3 Å². The molecule has 1 aliphatic heterocycles. The van der Waals surface area contributed by atoms with Crippen LogP contribution in [0.3, 0.4) is 0 Å². The topological polar surface area (TPSA) is 109 Å². The van der Waals surface area contributed by atoms with Crippen molar-refractivity contribution in [3.8, 4) is 11.5 Å². The van der Waals surface area contributed by atoms with Gasteiger partial charge < -0.3 is 30.3 Å². The lowest BCUT2D eigenvalue weighted by molar-refractivity contribution is -0.128. The summed E-state index contributed by atoms with van der Waals surface area (Å²) in [6.07, 6.45) is 1.31. The molecule has 10 heteroatoms. The van der Waals surface area contributed by atoms with Gasteiger partial charge in [-0.1, -0.05) is 18.2 Å². The van der Waals surface area contributed by atoms with Crippen molar-refractivity contribution in [3.63, 3.8) is 0 Å². The number of ether oxygens (including phenoxy) is 2. The Morgan fingerprint density at radius 1 is 1.09 bits per heavy atom. The Labute approximate surface area is 204 Å². The average Bonchev–Trinajstić information content (AvgIpc) is 2.85. The minimum atomic E-state index is -0.794. The van der Waals surface area contributed by atoms with Gasteiger partial charge in [-0.25, -0.2) is 9.18 Å². The van der Waals surface area contributed by atoms with Crippen molar-refractivity contribution in [1.29, 1.82) is 0 Å². The fourth-order valence-electron chi connectivity index (χ4n) is 3.98. The molecule has 0 aromatic heterocycles. The predicted molar refractivity (Wildman–Crippen MR) is 129 cm³/mol. The molecule has 1 atom stereocenters. The van der Waals surface area contributed by atoms with E-state index in [4.69, 9.17) is 9.47 Å². The number of benzene rings is 2. The standard InChI is InChI=1S/C25H31FN4O5/c1-16(31)27-22(14-17-8-9-19(34-2)15-23(17)35-3)24(32)28-18-10-12-30(13-11-18)25(33)29-21-7-5-4-6-20(21)26/h4-9,15,18,22H,10-14H2,1-3H3,(H,27,31)(H,28,32)(H,29,33). The normalized spacial score (nSPS) is 14.6. The van der Waals surface area contributed by atoms with Crippen LogP contribution in [0, 0.1) is 5.82 Å². The number of methoxy groups -OCH3 is 2. The van der Waals surface area contributed by atoms with Crippen LogP contribution in [0.15, 0.2) is 42.5 Å². The van der Waals surface area contributed by atoms with Crippen LogP contribution in [0.2, 0.25) is 0 Å². The number of hydrogen-bond acceptors (Lipinski definition) is 5. The number of urea groups is 1. The van der Waals surface area contributed by atoms with Crippen LogP contribution in [0.25, 0.3) is 0 Å². The highest BCUT2D eigenvalue weighted by atomic mass is 19.1. The van der Waals surface area contributed by atoms with Gasteiger partial charge in [-0.3, -0.25) is 9.59 Å². The summed E-state index contributed by atoms with van der Waals surface area (Å²) < 4.78 is 24.4. The summed E-state index contributed by atoms with van der Waals surface area (Å²) in [6, 6.07) is 9.93. The number of nitrogens with one attached hydrogen (secondary N) is 3. The van der Waals surface area contributed by atoms with Gasteiger partial charge in [-0.05, 0) is 36.6 Å². The molecule has 3 N–H and O–H groups in total. The van der Waals surface area contributed by atoms with E-state index in [1.165, 1.54) is 26.2 Å². The van der Waals surface area contributed by atoms with Crippen LogP contribution in [-0.4, -0.2) is 62.1 Å². The lowest BCUT2D eigenvalue weighted by Crippen LogP contribution is -2.53. The summed E-state index contributed by atoms with van der Waals surface area (Å²) in [6.45, 7) is 2.17. The van der Waals surface area contributed by atoms with Crippen LogP contribution >= 0.6 is 0 Å². The largest absolute Gasteiger partial charge is 0.497 e. The fraction of sp³-hybridized carbons (Fsp3) is 0.400. The number of para-hydroxylation sites is 1. The van der Waals surface area contributed by atoms with E-state index < -0.39 is 11.9 Å². The Balaban J connectivity index is 1.57. The second-order valence-corrected chi connectivity index (χ2v) is 8.31. The molecule has 0 bridgehead atoms. The lowest BCUT2D eigenvalue weighted by atomic mass is 10.0. The van der Waals surface area contributed by atoms with Gasteiger partial charge in [0.2, 0.25) is 11.8 Å². The molecule has 0 saturated carbocycles. The van der Waals surface area contributed by atoms with Crippen molar-refractivity contribution >= 4 is 23.5 Å². The quantitative estimate of drug-likeness (QED) is 0.532. The molecule has 1 fully saturated rings. The molecule has 1 heterocycles. The molecule has 1 aliphatic rings. The molecule has 0 aliphatic carbocycles. The Bertz CT molecular complexity index is 1060. The van der Waals surface area contributed by atoms with Gasteiger partial charge in [0.15, 0.2) is 0 Å². The third-order valence-electron chi connectivity index (χ3n) is 5.86. The molecule has 1 saturated heterocycles. The molecule has 0 spiro atoms. The summed E-state index contributed by atoms with van der Waals surface area (Å²) in [5, 5.41) is 8.27. The van der Waals surface area contributed by atoms with Crippen molar-refractivity contribution in [2.24, 2.45) is 0 Å². The number of piperidine rings is 1. The van der Waals surface area contributed by atoms with E-state index in [-0.39, 0.29) is 36.0 Å². The molecule has 4 amide bonds. The second kappa shape index (κ2) is 12.0. The SMILES string of the molecule is COc1ccc(CC(NC(C)=O)C(=O)NC2CCN(C(=O)Nc3ccccc3F)CC2)c(OC)c1. The van der Waals surface area contributed by atoms with E-state index >= 15 is 0 Å². The van der Waals surface area contributed by atoms with Crippen molar-refractivity contribution in [2.75, 3.05) is 32.6 Å². The predicted octanol–water partition coefficient (Wildman–Crippen LogP) is 2.70. The van der Waals surface area contributed by atoms with Crippen LogP contribution in [0.5, 0.6) is 11.5 Å². The maximum atomic E-state index is 13.8. The summed E-state index contributed by atoms with van der Waals surface area (Å²) in [5.41, 5.74) is 0.877. The zero-order valence-electron chi connectivity index (χ0n) is 20.1. The van der Waals surface area contributed by atoms with Crippen molar-refractivity contribution in [1.82, 2.24) is 15.5 Å². The summed E-state index contributed by atoms with van der Waals surface area (Å²) >= 11 is 0. The first kappa shape index (κ1) is 25.8. The van der Waals surface area contributed by atoms with Gasteiger partial charge in [0.05, 0.1) is 19.9 Å². The van der Waals surface area contributed by atoms with Gasteiger partial charge in [0.25, 0.3) is 0 Å². The van der Waals surface area contributed by atoms with E-state index in [1.807, 2.05) is 0 Å². The minimum Gasteiger partial charge on any atom is -0.497 e. The Morgan fingerprint density at radius 2 is 1.80 bits per heavy atom. The Morgan fingerprint density at radius 3 is 2.43 bits per heavy atom. The molecule has 2 aromatic rings. The maximum absolute atomic E-state index is 13.8. The molecule has 0 radical (unpaired) electrons. The number of amides is 4. The van der Waals surface area contributed by atoms with E-state index in [9.17, 15) is 18.8 Å². The highest BCUT2D eigenvalue weighted by Gasteiger charge is 2.28. The third kappa shape index (κ3) is 7.08. The van der Waals surface area contributed by atoms with E-state index in [0.717, 1.165) is 5.56 Å². The highest BCUT2D eigenvalue weighted by molar-refractivity contribution is 5.90. The molecular weight excluding hydrogens is 455 g/mol. The third-order valence-corrected chi connectivity index (χ3v) is 5.86. The maximum Gasteiger partial charge on any atom is 0.321 e. The monoisotopic (exact) mass is 486 g/mol. The van der Waals surface area contributed by atoms with Gasteiger partial charge >= 0.3 is 6.03 Å². The van der Waals surface area contributed by atoms with Crippen LogP contribution in [0.4, 0.5) is 14.9 Å². The molecule has 1 unspecified atom stereocenters. The number of carbonyl (C=O) groups excluding carboxylic acids is 3. The molecule has 2 aromatic carbocycles. The van der Waals surface area contributed by atoms with Gasteiger partial charge in [-0.15, -0.1) is 0 Å². The Hall–Kier alpha value is -3.82. The molecule has 35 heavy (non-hydrogen) atoms. The van der Waals surface area contributed by atoms with Crippen molar-refractivity contribution in [3.05, 3.63) is 53.8 Å². The first-order valence-electron chi connectivity index (χ1n) is 11.4. The zero-order valence-corrected chi connectivity index (χ0v) is 20.1. The summed E-state index contributed by atoms with van der Waals surface area (Å²) in [4.78, 5) is 38.9. The van der Waals surface area contributed by atoms with Gasteiger partial charge in [0, 0.05) is 38.5 Å². The first-order valence-corrected chi connectivity index (χ1v) is 11.4. The van der Waals surface area contributed by atoms with Crippen LogP contribution < -0.4 is 25.4 Å². The van der Waals surface area contributed by atoms with E-state index in [1.54, 1.807) is 42.3 Å². The minimum absolute atomic E-state index is 0.125. The Kier molecular flexibility index (Phi) is 8.88. The van der Waals surface area contributed by atoms with Crippen LogP contribution in [-0.2, 0) is 16.0 Å². The highest BCUT2D eigenvalue weighted by Crippen LogP contribution is 2.26. The molecule has 3 rings (SSSR count). The lowest BCUT2D eigenvalue weighted by Gasteiger charge is -2.33. The molecular formula is C25H31FN4O5. The average molecular weight is 487 g/mol. The van der Waals surface area contributed by atoms with E-state index in [0.29, 0.717) is 37.4 Å². The number of anilines is 1. The summed E-state index contributed by atoms with van der Waals surface area (Å²) in [5.74, 6) is 0.0451. The summed E-state index contributed by atoms with van der Waals surface area (Å²) in [7, 11) is 3.08. The van der Waals surface area contributed by atoms with Crippen molar-refractivity contribution < 1.29 is 28.2 Å².